The number of nitrogens with zero attached hydrogens (tertiary/aromatic N) is 4. The van der Waals surface area contributed by atoms with Gasteiger partial charge < -0.3 is 9.88 Å². The van der Waals surface area contributed by atoms with Crippen LogP contribution in [0.4, 0.5) is 0 Å². The Hall–Kier alpha value is -2.20. The zero-order valence-corrected chi connectivity index (χ0v) is 19.6. The number of piperazine rings is 1. The molecule has 32 heavy (non-hydrogen) atoms. The van der Waals surface area contributed by atoms with Crippen molar-refractivity contribution in [2.75, 3.05) is 52.4 Å². The van der Waals surface area contributed by atoms with E-state index < -0.39 is 10.0 Å². The Bertz CT molecular complexity index is 1010. The molecular weight excluding hydrogens is 426 g/mol. The average Bonchev–Trinajstić information content (AvgIpc) is 3.46. The van der Waals surface area contributed by atoms with Crippen LogP contribution in [-0.2, 0) is 23.6 Å². The molecule has 0 atom stereocenters. The Balaban J connectivity index is 1.23. The molecule has 0 unspecified atom stereocenters. The standard InChI is InChI=1S/C23H33N5O3S/c1-25-19-21(32(30,31)28-10-5-6-11-28)17-22(25)23(29)24-9-12-26-13-15-27(16-14-26)18-20-7-3-2-4-8-20/h2-4,7-8,17,19H,5-6,9-16,18H2,1H3,(H,24,29). The van der Waals surface area contributed by atoms with Crippen molar-refractivity contribution in [2.24, 2.45) is 7.05 Å². The lowest BCUT2D eigenvalue weighted by Gasteiger charge is -2.34. The first-order valence-electron chi connectivity index (χ1n) is 11.4. The molecule has 2 aromatic rings. The summed E-state index contributed by atoms with van der Waals surface area (Å²) in [6, 6.07) is 12.0. The van der Waals surface area contributed by atoms with Crippen LogP contribution >= 0.6 is 0 Å². The molecule has 1 N–H and O–H groups in total. The number of hydrogen-bond acceptors (Lipinski definition) is 5. The fraction of sp³-hybridized carbons (Fsp3) is 0.522. The van der Waals surface area contributed by atoms with Crippen LogP contribution in [-0.4, -0.2) is 85.4 Å². The monoisotopic (exact) mass is 459 g/mol. The van der Waals surface area contributed by atoms with Crippen molar-refractivity contribution in [3.05, 3.63) is 53.9 Å². The molecule has 2 aliphatic heterocycles. The van der Waals surface area contributed by atoms with Crippen molar-refractivity contribution in [3.63, 3.8) is 0 Å². The van der Waals surface area contributed by atoms with Crippen LogP contribution in [0.3, 0.4) is 0 Å². The van der Waals surface area contributed by atoms with Crippen molar-refractivity contribution in [1.82, 2.24) is 24.0 Å². The number of benzene rings is 1. The molecule has 0 spiro atoms. The third-order valence-electron chi connectivity index (χ3n) is 6.34. The number of sulfonamides is 1. The highest BCUT2D eigenvalue weighted by molar-refractivity contribution is 7.89. The van der Waals surface area contributed by atoms with E-state index in [0.29, 0.717) is 25.3 Å². The maximum absolute atomic E-state index is 12.8. The topological polar surface area (TPSA) is 77.9 Å². The van der Waals surface area contributed by atoms with Gasteiger partial charge in [0.05, 0.1) is 0 Å². The molecule has 174 valence electrons. The summed E-state index contributed by atoms with van der Waals surface area (Å²) >= 11 is 0. The molecule has 0 aliphatic carbocycles. The Morgan fingerprint density at radius 1 is 0.969 bits per heavy atom. The molecule has 8 nitrogen and oxygen atoms in total. The first-order valence-corrected chi connectivity index (χ1v) is 12.8. The number of carbonyl (C=O) groups is 1. The average molecular weight is 460 g/mol. The lowest BCUT2D eigenvalue weighted by molar-refractivity contribution is 0.0926. The largest absolute Gasteiger partial charge is 0.349 e. The van der Waals surface area contributed by atoms with Crippen LogP contribution in [0.5, 0.6) is 0 Å². The van der Waals surface area contributed by atoms with Gasteiger partial charge in [0.25, 0.3) is 5.91 Å². The molecule has 1 amide bonds. The van der Waals surface area contributed by atoms with Gasteiger partial charge in [-0.1, -0.05) is 30.3 Å². The number of carbonyl (C=O) groups excluding carboxylic acids is 1. The Morgan fingerprint density at radius 2 is 1.62 bits per heavy atom. The van der Waals surface area contributed by atoms with E-state index >= 15 is 0 Å². The second kappa shape index (κ2) is 10.2. The molecule has 1 aromatic carbocycles. The quantitative estimate of drug-likeness (QED) is 0.645. The number of nitrogens with one attached hydrogen (secondary N) is 1. The van der Waals surface area contributed by atoms with Gasteiger partial charge in [-0.3, -0.25) is 14.6 Å². The highest BCUT2D eigenvalue weighted by Crippen LogP contribution is 2.22. The van der Waals surface area contributed by atoms with Gasteiger partial charge in [0, 0.05) is 72.1 Å². The minimum Gasteiger partial charge on any atom is -0.349 e. The third kappa shape index (κ3) is 5.40. The van der Waals surface area contributed by atoms with Crippen molar-refractivity contribution < 1.29 is 13.2 Å². The first kappa shape index (κ1) is 23.0. The van der Waals surface area contributed by atoms with Gasteiger partial charge in [-0.25, -0.2) is 8.42 Å². The summed E-state index contributed by atoms with van der Waals surface area (Å²) < 4.78 is 28.6. The van der Waals surface area contributed by atoms with Gasteiger partial charge in [-0.2, -0.15) is 4.31 Å². The summed E-state index contributed by atoms with van der Waals surface area (Å²) in [5.74, 6) is -0.238. The molecule has 0 saturated carbocycles. The minimum atomic E-state index is -3.52. The van der Waals surface area contributed by atoms with Crippen LogP contribution in [0, 0.1) is 0 Å². The lowest BCUT2D eigenvalue weighted by atomic mass is 10.2. The maximum atomic E-state index is 12.8. The van der Waals surface area contributed by atoms with Crippen molar-refractivity contribution in [1.29, 1.82) is 0 Å². The van der Waals surface area contributed by atoms with Crippen LogP contribution in [0.15, 0.2) is 47.5 Å². The highest BCUT2D eigenvalue weighted by atomic mass is 32.2. The maximum Gasteiger partial charge on any atom is 0.267 e. The van der Waals surface area contributed by atoms with Crippen molar-refractivity contribution in [2.45, 2.75) is 24.3 Å². The number of aryl methyl sites for hydroxylation is 1. The Morgan fingerprint density at radius 3 is 2.31 bits per heavy atom. The summed E-state index contributed by atoms with van der Waals surface area (Å²) in [5, 5.41) is 2.95. The van der Waals surface area contributed by atoms with Crippen molar-refractivity contribution >= 4 is 15.9 Å². The summed E-state index contributed by atoms with van der Waals surface area (Å²) in [5.41, 5.74) is 1.71. The summed E-state index contributed by atoms with van der Waals surface area (Å²) in [6.45, 7) is 7.38. The van der Waals surface area contributed by atoms with Gasteiger partial charge >= 0.3 is 0 Å². The lowest BCUT2D eigenvalue weighted by Crippen LogP contribution is -2.48. The molecule has 4 rings (SSSR count). The Kier molecular flexibility index (Phi) is 7.30. The molecular formula is C23H33N5O3S. The van der Waals surface area contributed by atoms with E-state index in [1.807, 2.05) is 6.07 Å². The zero-order chi connectivity index (χ0) is 22.6. The molecule has 9 heteroatoms. The van der Waals surface area contributed by atoms with Crippen molar-refractivity contribution in [3.8, 4) is 0 Å². The van der Waals surface area contributed by atoms with E-state index in [1.54, 1.807) is 11.6 Å². The van der Waals surface area contributed by atoms with Gasteiger partial charge in [0.2, 0.25) is 10.0 Å². The van der Waals surface area contributed by atoms with Crippen LogP contribution in [0.1, 0.15) is 28.9 Å². The molecule has 2 saturated heterocycles. The fourth-order valence-electron chi connectivity index (χ4n) is 4.41. The van der Waals surface area contributed by atoms with Crippen LogP contribution in [0.25, 0.3) is 0 Å². The Labute approximate surface area is 190 Å². The van der Waals surface area contributed by atoms with Gasteiger partial charge in [-0.05, 0) is 24.5 Å². The smallest absolute Gasteiger partial charge is 0.267 e. The summed E-state index contributed by atoms with van der Waals surface area (Å²) in [4.78, 5) is 17.7. The molecule has 2 fully saturated rings. The zero-order valence-electron chi connectivity index (χ0n) is 18.7. The van der Waals surface area contributed by atoms with E-state index in [0.717, 1.165) is 52.1 Å². The molecule has 1 aromatic heterocycles. The summed E-state index contributed by atoms with van der Waals surface area (Å²) in [7, 11) is -1.81. The SMILES string of the molecule is Cn1cc(S(=O)(=O)N2CCCC2)cc1C(=O)NCCN1CCN(Cc2ccccc2)CC1. The minimum absolute atomic E-state index is 0.196. The van der Waals surface area contributed by atoms with E-state index in [-0.39, 0.29) is 10.8 Å². The number of aromatic nitrogens is 1. The summed E-state index contributed by atoms with van der Waals surface area (Å²) in [6.07, 6.45) is 3.31. The van der Waals surface area contributed by atoms with Crippen LogP contribution in [0.2, 0.25) is 0 Å². The van der Waals surface area contributed by atoms with Crippen LogP contribution < -0.4 is 5.32 Å². The number of hydrogen-bond donors (Lipinski definition) is 1. The number of rotatable bonds is 8. The second-order valence-electron chi connectivity index (χ2n) is 8.64. The highest BCUT2D eigenvalue weighted by Gasteiger charge is 2.29. The second-order valence-corrected chi connectivity index (χ2v) is 10.6. The van der Waals surface area contributed by atoms with E-state index in [2.05, 4.69) is 39.4 Å². The fourth-order valence-corrected chi connectivity index (χ4v) is 6.00. The third-order valence-corrected chi connectivity index (χ3v) is 8.21. The van der Waals surface area contributed by atoms with Gasteiger partial charge in [-0.15, -0.1) is 0 Å². The predicted molar refractivity (Wildman–Crippen MR) is 124 cm³/mol. The van der Waals surface area contributed by atoms with Gasteiger partial charge in [0.1, 0.15) is 10.6 Å². The van der Waals surface area contributed by atoms with Gasteiger partial charge in [0.15, 0.2) is 0 Å². The molecule has 0 radical (unpaired) electrons. The molecule has 2 aliphatic rings. The first-order chi connectivity index (χ1) is 15.4. The normalized spacial score (nSPS) is 18.8. The predicted octanol–water partition coefficient (Wildman–Crippen LogP) is 1.36. The van der Waals surface area contributed by atoms with E-state index in [1.165, 1.54) is 22.1 Å². The molecule has 0 bridgehead atoms. The molecule has 3 heterocycles. The number of amides is 1. The van der Waals surface area contributed by atoms with E-state index in [4.69, 9.17) is 0 Å². The van der Waals surface area contributed by atoms with E-state index in [9.17, 15) is 13.2 Å².